The Morgan fingerprint density at radius 3 is 1.79 bits per heavy atom. The Kier molecular flexibility index (Phi) is 12.2. The maximum absolute atomic E-state index is 13.6. The van der Waals surface area contributed by atoms with Gasteiger partial charge in [0.25, 0.3) is 11.8 Å². The summed E-state index contributed by atoms with van der Waals surface area (Å²) in [5.41, 5.74) is 2.60. The zero-order valence-electron chi connectivity index (χ0n) is 27.1. The fraction of sp³-hybridized carbons (Fsp3) is 0.167. The number of methoxy groups -OCH3 is 3. The van der Waals surface area contributed by atoms with Crippen LogP contribution < -0.4 is 35.5 Å². The molecule has 48 heavy (non-hydrogen) atoms. The highest BCUT2D eigenvalue weighted by Crippen LogP contribution is 2.38. The van der Waals surface area contributed by atoms with Gasteiger partial charge in [0.2, 0.25) is 17.6 Å². The molecule has 11 nitrogen and oxygen atoms in total. The normalized spacial score (nSPS) is 11.5. The quantitative estimate of drug-likeness (QED) is 0.0974. The molecule has 4 amide bonds. The first-order valence-electron chi connectivity index (χ1n) is 14.7. The summed E-state index contributed by atoms with van der Waals surface area (Å²) in [6, 6.07) is 25.7. The third-order valence-corrected chi connectivity index (χ3v) is 7.91. The van der Waals surface area contributed by atoms with Crippen molar-refractivity contribution in [3.63, 3.8) is 0 Å². The van der Waals surface area contributed by atoms with E-state index in [9.17, 15) is 19.2 Å². The van der Waals surface area contributed by atoms with E-state index in [2.05, 4.69) is 21.3 Å². The first kappa shape index (κ1) is 35.1. The monoisotopic (exact) mass is 668 g/mol. The van der Waals surface area contributed by atoms with Gasteiger partial charge < -0.3 is 35.5 Å². The minimum Gasteiger partial charge on any atom is -0.493 e. The molecule has 0 heterocycles. The van der Waals surface area contributed by atoms with Crippen LogP contribution in [0.2, 0.25) is 0 Å². The molecule has 12 heteroatoms. The summed E-state index contributed by atoms with van der Waals surface area (Å²) in [5, 5.41) is 10.7. The van der Waals surface area contributed by atoms with Gasteiger partial charge in [-0.3, -0.25) is 19.2 Å². The molecular formula is C36H36N4O7S. The molecule has 0 radical (unpaired) electrons. The fourth-order valence-electron chi connectivity index (χ4n) is 4.45. The van der Waals surface area contributed by atoms with Crippen LogP contribution in [0.25, 0.3) is 6.08 Å². The molecule has 0 aliphatic carbocycles. The summed E-state index contributed by atoms with van der Waals surface area (Å²) in [6.07, 6.45) is 1.51. The third kappa shape index (κ3) is 9.63. The van der Waals surface area contributed by atoms with Crippen LogP contribution in [0.4, 0.5) is 17.1 Å². The molecule has 4 aromatic rings. The molecule has 4 rings (SSSR count). The molecule has 0 aliphatic rings. The molecule has 1 atom stereocenters. The van der Waals surface area contributed by atoms with Gasteiger partial charge in [0.1, 0.15) is 5.70 Å². The Morgan fingerprint density at radius 1 is 0.708 bits per heavy atom. The Morgan fingerprint density at radius 2 is 1.25 bits per heavy atom. The smallest absolute Gasteiger partial charge is 0.272 e. The van der Waals surface area contributed by atoms with Gasteiger partial charge in [0.05, 0.1) is 26.6 Å². The largest absolute Gasteiger partial charge is 0.493 e. The molecule has 248 valence electrons. The van der Waals surface area contributed by atoms with Gasteiger partial charge in [-0.2, -0.15) is 0 Å². The molecule has 4 aromatic carbocycles. The number of carbonyl (C=O) groups is 4. The average molecular weight is 669 g/mol. The Balaban J connectivity index is 1.47. The van der Waals surface area contributed by atoms with Crippen LogP contribution in [-0.4, -0.2) is 50.2 Å². The van der Waals surface area contributed by atoms with Crippen LogP contribution in [-0.2, 0) is 14.4 Å². The highest BCUT2D eigenvalue weighted by molar-refractivity contribution is 8.00. The molecule has 0 spiro atoms. The predicted octanol–water partition coefficient (Wildman–Crippen LogP) is 6.20. The summed E-state index contributed by atoms with van der Waals surface area (Å²) < 4.78 is 16.3. The SMILES string of the molecule is COc1cc(/C=C(\NC(=O)c2ccccc2)C(=O)Nc2ccc(SC(C)C(=O)Nc3ccc(NC(C)=O)cc3)cc2)cc(OC)c1OC. The Hall–Kier alpha value is -5.75. The number of hydrogen-bond donors (Lipinski definition) is 4. The summed E-state index contributed by atoms with van der Waals surface area (Å²) in [4.78, 5) is 51.5. The number of hydrogen-bond acceptors (Lipinski definition) is 8. The predicted molar refractivity (Wildman–Crippen MR) is 188 cm³/mol. The van der Waals surface area contributed by atoms with Gasteiger partial charge >= 0.3 is 0 Å². The second-order valence-corrected chi connectivity index (χ2v) is 11.7. The second kappa shape index (κ2) is 16.7. The highest BCUT2D eigenvalue weighted by atomic mass is 32.2. The van der Waals surface area contributed by atoms with Crippen LogP contribution in [0.3, 0.4) is 0 Å². The van der Waals surface area contributed by atoms with Crippen molar-refractivity contribution in [2.45, 2.75) is 24.0 Å². The van der Waals surface area contributed by atoms with Gasteiger partial charge in [-0.05, 0) is 91.4 Å². The third-order valence-electron chi connectivity index (χ3n) is 6.79. The maximum Gasteiger partial charge on any atom is 0.272 e. The maximum atomic E-state index is 13.6. The topological polar surface area (TPSA) is 144 Å². The first-order chi connectivity index (χ1) is 23.1. The van der Waals surface area contributed by atoms with Gasteiger partial charge in [-0.25, -0.2) is 0 Å². The van der Waals surface area contributed by atoms with E-state index in [1.54, 1.807) is 97.9 Å². The van der Waals surface area contributed by atoms with Crippen molar-refractivity contribution in [1.82, 2.24) is 5.32 Å². The summed E-state index contributed by atoms with van der Waals surface area (Å²) >= 11 is 1.35. The first-order valence-corrected chi connectivity index (χ1v) is 15.6. The Labute approximate surface area is 283 Å². The van der Waals surface area contributed by atoms with E-state index in [0.29, 0.717) is 45.4 Å². The number of ether oxygens (including phenoxy) is 3. The van der Waals surface area contributed by atoms with Crippen molar-refractivity contribution in [3.05, 3.63) is 108 Å². The number of nitrogens with one attached hydrogen (secondary N) is 4. The second-order valence-electron chi connectivity index (χ2n) is 10.3. The number of amides is 4. The van der Waals surface area contributed by atoms with Gasteiger partial charge in [-0.1, -0.05) is 18.2 Å². The van der Waals surface area contributed by atoms with E-state index >= 15 is 0 Å². The number of rotatable bonds is 13. The average Bonchev–Trinajstić information content (AvgIpc) is 3.09. The lowest BCUT2D eigenvalue weighted by Crippen LogP contribution is -2.30. The number of anilines is 3. The molecule has 0 bridgehead atoms. The van der Waals surface area contributed by atoms with Crippen molar-refractivity contribution in [1.29, 1.82) is 0 Å². The zero-order valence-corrected chi connectivity index (χ0v) is 27.9. The van der Waals surface area contributed by atoms with Crippen molar-refractivity contribution < 1.29 is 33.4 Å². The standard InChI is InChI=1S/C36H36N4O7S/c1-22(34(42)38-27-13-11-26(12-14-27)37-23(2)41)48-29-17-15-28(16-18-29)39-36(44)30(40-35(43)25-9-7-6-8-10-25)19-24-20-31(45-3)33(47-5)32(21-24)46-4/h6-22H,1-5H3,(H,37,41)(H,38,42)(H,39,44)(H,40,43)/b30-19-. The van der Waals surface area contributed by atoms with Crippen LogP contribution in [0.1, 0.15) is 29.8 Å². The van der Waals surface area contributed by atoms with Crippen molar-refractivity contribution >= 4 is 58.5 Å². The minimum absolute atomic E-state index is 0.0213. The molecule has 0 aliphatic heterocycles. The summed E-state index contributed by atoms with van der Waals surface area (Å²) in [7, 11) is 4.46. The van der Waals surface area contributed by atoms with Gasteiger partial charge in [0.15, 0.2) is 11.5 Å². The molecule has 0 saturated heterocycles. The van der Waals surface area contributed by atoms with Crippen LogP contribution in [0.5, 0.6) is 17.2 Å². The summed E-state index contributed by atoms with van der Waals surface area (Å²) in [6.45, 7) is 3.21. The van der Waals surface area contributed by atoms with Crippen LogP contribution >= 0.6 is 11.8 Å². The van der Waals surface area contributed by atoms with Crippen molar-refractivity contribution in [2.75, 3.05) is 37.3 Å². The van der Waals surface area contributed by atoms with E-state index in [-0.39, 0.29) is 17.5 Å². The fourth-order valence-corrected chi connectivity index (χ4v) is 5.32. The lowest BCUT2D eigenvalue weighted by Gasteiger charge is -2.15. The number of carbonyl (C=O) groups excluding carboxylic acids is 4. The highest BCUT2D eigenvalue weighted by Gasteiger charge is 2.19. The molecular weight excluding hydrogens is 632 g/mol. The van der Waals surface area contributed by atoms with E-state index in [1.807, 2.05) is 0 Å². The van der Waals surface area contributed by atoms with Crippen molar-refractivity contribution in [2.24, 2.45) is 0 Å². The van der Waals surface area contributed by atoms with E-state index in [0.717, 1.165) is 4.90 Å². The molecule has 0 fully saturated rings. The van der Waals surface area contributed by atoms with Crippen molar-refractivity contribution in [3.8, 4) is 17.2 Å². The van der Waals surface area contributed by atoms with E-state index in [4.69, 9.17) is 14.2 Å². The molecule has 1 unspecified atom stereocenters. The number of thioether (sulfide) groups is 1. The minimum atomic E-state index is -0.564. The molecule has 4 N–H and O–H groups in total. The lowest BCUT2D eigenvalue weighted by molar-refractivity contribution is -0.115. The molecule has 0 saturated carbocycles. The molecule has 0 aromatic heterocycles. The van der Waals surface area contributed by atoms with Gasteiger partial charge in [-0.15, -0.1) is 11.8 Å². The lowest BCUT2D eigenvalue weighted by atomic mass is 10.1. The van der Waals surface area contributed by atoms with E-state index in [1.165, 1.54) is 46.1 Å². The number of benzene rings is 4. The summed E-state index contributed by atoms with van der Waals surface area (Å²) in [5.74, 6) is -0.247. The Bertz CT molecular complexity index is 1770. The van der Waals surface area contributed by atoms with E-state index < -0.39 is 17.1 Å². The van der Waals surface area contributed by atoms with Gasteiger partial charge in [0, 0.05) is 34.4 Å². The van der Waals surface area contributed by atoms with Crippen LogP contribution in [0.15, 0.2) is 102 Å². The van der Waals surface area contributed by atoms with Crippen LogP contribution in [0, 0.1) is 0 Å². The zero-order chi connectivity index (χ0) is 34.6.